The molecule has 1 saturated heterocycles. The first-order valence-corrected chi connectivity index (χ1v) is 9.37. The lowest BCUT2D eigenvalue weighted by atomic mass is 9.95. The third-order valence-corrected chi connectivity index (χ3v) is 4.64. The van der Waals surface area contributed by atoms with Crippen LogP contribution in [0.25, 0.3) is 0 Å². The first-order valence-electron chi connectivity index (χ1n) is 9.37. The molecule has 1 aromatic carbocycles. The summed E-state index contributed by atoms with van der Waals surface area (Å²) >= 11 is 0. The summed E-state index contributed by atoms with van der Waals surface area (Å²) in [4.78, 5) is 47.6. The molecule has 2 unspecified atom stereocenters. The van der Waals surface area contributed by atoms with E-state index in [2.05, 4.69) is 15.4 Å². The quantitative estimate of drug-likeness (QED) is 0.618. The highest BCUT2D eigenvalue weighted by atomic mass is 16.5. The summed E-state index contributed by atoms with van der Waals surface area (Å²) in [6.07, 6.45) is 1.71. The van der Waals surface area contributed by atoms with Gasteiger partial charge in [-0.25, -0.2) is 4.79 Å². The van der Waals surface area contributed by atoms with Crippen molar-refractivity contribution in [2.24, 2.45) is 5.92 Å². The maximum atomic E-state index is 12.6. The maximum absolute atomic E-state index is 12.6. The van der Waals surface area contributed by atoms with Crippen LogP contribution in [-0.2, 0) is 19.1 Å². The average Bonchev–Trinajstić information content (AvgIpc) is 3.10. The van der Waals surface area contributed by atoms with Crippen molar-refractivity contribution in [3.8, 4) is 0 Å². The fraction of sp³-hybridized carbons (Fsp3) is 0.500. The molecule has 0 aromatic heterocycles. The molecule has 2 atom stereocenters. The molecular weight excluding hydrogens is 364 g/mol. The minimum absolute atomic E-state index is 0.0298. The highest BCUT2D eigenvalue weighted by Gasteiger charge is 2.28. The molecule has 0 saturated carbocycles. The van der Waals surface area contributed by atoms with Crippen LogP contribution in [-0.4, -0.2) is 50.1 Å². The Morgan fingerprint density at radius 3 is 2.46 bits per heavy atom. The molecule has 8 nitrogen and oxygen atoms in total. The van der Waals surface area contributed by atoms with Crippen molar-refractivity contribution in [1.29, 1.82) is 0 Å². The van der Waals surface area contributed by atoms with Gasteiger partial charge in [-0.15, -0.1) is 0 Å². The van der Waals surface area contributed by atoms with Crippen molar-refractivity contribution in [2.45, 2.75) is 38.6 Å². The number of nitrogens with one attached hydrogen (secondary N) is 2. The molecule has 0 radical (unpaired) electrons. The SMILES string of the molecule is CCOC(=O)CCC(CC1CCNC1=O)NC(=O)c1ccc(C(=O)OC)cc1. The lowest BCUT2D eigenvalue weighted by Gasteiger charge is -2.21. The van der Waals surface area contributed by atoms with E-state index in [1.807, 2.05) is 0 Å². The van der Waals surface area contributed by atoms with E-state index in [1.165, 1.54) is 31.4 Å². The summed E-state index contributed by atoms with van der Waals surface area (Å²) in [5.41, 5.74) is 0.727. The maximum Gasteiger partial charge on any atom is 0.337 e. The van der Waals surface area contributed by atoms with Crippen LogP contribution in [0.3, 0.4) is 0 Å². The van der Waals surface area contributed by atoms with Gasteiger partial charge < -0.3 is 20.1 Å². The molecule has 8 heteroatoms. The third-order valence-electron chi connectivity index (χ3n) is 4.64. The number of rotatable bonds is 9. The van der Waals surface area contributed by atoms with Crippen molar-refractivity contribution >= 4 is 23.8 Å². The van der Waals surface area contributed by atoms with Crippen molar-refractivity contribution in [3.05, 3.63) is 35.4 Å². The van der Waals surface area contributed by atoms with Gasteiger partial charge in [0.15, 0.2) is 0 Å². The summed E-state index contributed by atoms with van der Waals surface area (Å²) in [6.45, 7) is 2.66. The molecule has 0 bridgehead atoms. The Morgan fingerprint density at radius 1 is 1.21 bits per heavy atom. The van der Waals surface area contributed by atoms with Crippen LogP contribution < -0.4 is 10.6 Å². The predicted octanol–water partition coefficient (Wildman–Crippen LogP) is 1.44. The predicted molar refractivity (Wildman–Crippen MR) is 101 cm³/mol. The van der Waals surface area contributed by atoms with Gasteiger partial charge in [-0.1, -0.05) is 0 Å². The third kappa shape index (κ3) is 6.07. The lowest BCUT2D eigenvalue weighted by molar-refractivity contribution is -0.143. The molecule has 1 heterocycles. The van der Waals surface area contributed by atoms with Crippen LogP contribution >= 0.6 is 0 Å². The topological polar surface area (TPSA) is 111 Å². The summed E-state index contributed by atoms with van der Waals surface area (Å²) in [5.74, 6) is -1.36. The minimum atomic E-state index is -0.480. The normalized spacial score (nSPS) is 16.8. The molecular formula is C20H26N2O6. The Balaban J connectivity index is 2.02. The van der Waals surface area contributed by atoms with E-state index in [0.29, 0.717) is 43.5 Å². The van der Waals surface area contributed by atoms with E-state index in [-0.39, 0.29) is 36.2 Å². The summed E-state index contributed by atoms with van der Waals surface area (Å²) in [7, 11) is 1.29. The Labute approximate surface area is 164 Å². The fourth-order valence-corrected chi connectivity index (χ4v) is 3.13. The number of amides is 2. The fourth-order valence-electron chi connectivity index (χ4n) is 3.13. The molecule has 28 heavy (non-hydrogen) atoms. The second-order valence-corrected chi connectivity index (χ2v) is 6.60. The first-order chi connectivity index (χ1) is 13.4. The van der Waals surface area contributed by atoms with E-state index in [4.69, 9.17) is 4.74 Å². The summed E-state index contributed by atoms with van der Waals surface area (Å²) < 4.78 is 9.58. The molecule has 2 rings (SSSR count). The molecule has 0 spiro atoms. The van der Waals surface area contributed by atoms with Gasteiger partial charge in [0, 0.05) is 30.5 Å². The van der Waals surface area contributed by atoms with Gasteiger partial charge in [-0.3, -0.25) is 14.4 Å². The van der Waals surface area contributed by atoms with Gasteiger partial charge in [0.1, 0.15) is 0 Å². The van der Waals surface area contributed by atoms with E-state index < -0.39 is 5.97 Å². The van der Waals surface area contributed by atoms with Crippen molar-refractivity contribution in [2.75, 3.05) is 20.3 Å². The average molecular weight is 390 g/mol. The zero-order chi connectivity index (χ0) is 20.5. The molecule has 2 amide bonds. The van der Waals surface area contributed by atoms with Crippen molar-refractivity contribution in [1.82, 2.24) is 10.6 Å². The highest BCUT2D eigenvalue weighted by Crippen LogP contribution is 2.19. The van der Waals surface area contributed by atoms with Crippen molar-refractivity contribution in [3.63, 3.8) is 0 Å². The van der Waals surface area contributed by atoms with E-state index in [9.17, 15) is 19.2 Å². The first kappa shape index (κ1) is 21.4. The zero-order valence-electron chi connectivity index (χ0n) is 16.2. The van der Waals surface area contributed by atoms with Gasteiger partial charge in [0.2, 0.25) is 5.91 Å². The largest absolute Gasteiger partial charge is 0.466 e. The van der Waals surface area contributed by atoms with E-state index in [0.717, 1.165) is 0 Å². The van der Waals surface area contributed by atoms with E-state index >= 15 is 0 Å². The van der Waals surface area contributed by atoms with Crippen LogP contribution in [0.5, 0.6) is 0 Å². The van der Waals surface area contributed by atoms with Crippen LogP contribution in [0.1, 0.15) is 53.3 Å². The van der Waals surface area contributed by atoms with Gasteiger partial charge in [-0.05, 0) is 50.5 Å². The van der Waals surface area contributed by atoms with Gasteiger partial charge in [0.25, 0.3) is 5.91 Å². The molecule has 1 aliphatic rings. The number of methoxy groups -OCH3 is 1. The zero-order valence-corrected chi connectivity index (χ0v) is 16.2. The van der Waals surface area contributed by atoms with Gasteiger partial charge in [0.05, 0.1) is 19.3 Å². The van der Waals surface area contributed by atoms with Crippen molar-refractivity contribution < 1.29 is 28.7 Å². The number of benzene rings is 1. The molecule has 1 aliphatic heterocycles. The second kappa shape index (κ2) is 10.4. The standard InChI is InChI=1S/C20H26N2O6/c1-3-28-17(23)9-8-16(12-15-10-11-21-18(15)24)22-19(25)13-4-6-14(7-5-13)20(26)27-2/h4-7,15-16H,3,8-12H2,1-2H3,(H,21,24)(H,22,25). The van der Waals surface area contributed by atoms with Gasteiger partial charge >= 0.3 is 11.9 Å². The number of hydrogen-bond acceptors (Lipinski definition) is 6. The number of ether oxygens (including phenoxy) is 2. The van der Waals surface area contributed by atoms with E-state index in [1.54, 1.807) is 6.92 Å². The molecule has 1 aromatic rings. The second-order valence-electron chi connectivity index (χ2n) is 6.60. The molecule has 1 fully saturated rings. The summed E-state index contributed by atoms with van der Waals surface area (Å²) in [6, 6.07) is 5.75. The minimum Gasteiger partial charge on any atom is -0.466 e. The van der Waals surface area contributed by atoms with Crippen LogP contribution in [0, 0.1) is 5.92 Å². The number of carbonyl (C=O) groups is 4. The Morgan fingerprint density at radius 2 is 1.89 bits per heavy atom. The Hall–Kier alpha value is -2.90. The number of esters is 2. The Bertz CT molecular complexity index is 716. The smallest absolute Gasteiger partial charge is 0.337 e. The van der Waals surface area contributed by atoms with Crippen LogP contribution in [0.4, 0.5) is 0 Å². The van der Waals surface area contributed by atoms with Gasteiger partial charge in [-0.2, -0.15) is 0 Å². The Kier molecular flexibility index (Phi) is 7.98. The molecule has 152 valence electrons. The van der Waals surface area contributed by atoms with Crippen LogP contribution in [0.15, 0.2) is 24.3 Å². The monoisotopic (exact) mass is 390 g/mol. The number of hydrogen-bond donors (Lipinski definition) is 2. The number of carbonyl (C=O) groups excluding carboxylic acids is 4. The highest BCUT2D eigenvalue weighted by molar-refractivity contribution is 5.96. The summed E-state index contributed by atoms with van der Waals surface area (Å²) in [5, 5.41) is 5.68. The molecule has 0 aliphatic carbocycles. The molecule has 2 N–H and O–H groups in total. The lowest BCUT2D eigenvalue weighted by Crippen LogP contribution is -2.38. The van der Waals surface area contributed by atoms with Crippen LogP contribution in [0.2, 0.25) is 0 Å².